The molecule has 20 heavy (non-hydrogen) atoms. The first-order valence-electron chi connectivity index (χ1n) is 6.67. The second kappa shape index (κ2) is 5.79. The summed E-state index contributed by atoms with van der Waals surface area (Å²) >= 11 is 0. The van der Waals surface area contributed by atoms with Crippen LogP contribution in [0.15, 0.2) is 30.6 Å². The molecule has 0 unspecified atom stereocenters. The van der Waals surface area contributed by atoms with Crippen molar-refractivity contribution in [3.63, 3.8) is 0 Å². The van der Waals surface area contributed by atoms with Crippen molar-refractivity contribution in [2.24, 2.45) is 0 Å². The Bertz CT molecular complexity index is 576. The van der Waals surface area contributed by atoms with Crippen LogP contribution in [0.4, 0.5) is 0 Å². The lowest BCUT2D eigenvalue weighted by atomic mass is 10.1. The van der Waals surface area contributed by atoms with E-state index in [1.165, 1.54) is 0 Å². The van der Waals surface area contributed by atoms with Crippen LogP contribution in [0, 0.1) is 0 Å². The Labute approximate surface area is 116 Å². The van der Waals surface area contributed by atoms with Crippen LogP contribution in [0.2, 0.25) is 0 Å². The molecular formula is C13H16N6O. The summed E-state index contributed by atoms with van der Waals surface area (Å²) < 4.78 is 1.59. The van der Waals surface area contributed by atoms with Gasteiger partial charge in [0.25, 0.3) is 0 Å². The van der Waals surface area contributed by atoms with E-state index in [4.69, 9.17) is 0 Å². The Morgan fingerprint density at radius 1 is 1.45 bits per heavy atom. The standard InChI is InChI=1S/C13H16N6O/c20-13(11-5-3-7-14-11)15-8-10-4-1-2-6-12(10)19-9-16-17-18-19/h1-2,4,6,9,11,14H,3,5,7-8H2,(H,15,20)/t11-/m0/s1. The minimum absolute atomic E-state index is 0.0500. The molecule has 7 heteroatoms. The summed E-state index contributed by atoms with van der Waals surface area (Å²) in [6, 6.07) is 7.67. The number of nitrogens with zero attached hydrogens (tertiary/aromatic N) is 4. The number of para-hydroxylation sites is 1. The number of nitrogens with one attached hydrogen (secondary N) is 2. The lowest BCUT2D eigenvalue weighted by Gasteiger charge is -2.13. The van der Waals surface area contributed by atoms with Crippen molar-refractivity contribution >= 4 is 5.91 Å². The lowest BCUT2D eigenvalue weighted by molar-refractivity contribution is -0.122. The summed E-state index contributed by atoms with van der Waals surface area (Å²) in [5.74, 6) is 0.0500. The van der Waals surface area contributed by atoms with Crippen molar-refractivity contribution in [3.8, 4) is 5.69 Å². The Kier molecular flexibility index (Phi) is 3.69. The molecule has 0 bridgehead atoms. The van der Waals surface area contributed by atoms with E-state index in [-0.39, 0.29) is 11.9 Å². The van der Waals surface area contributed by atoms with Crippen molar-refractivity contribution in [1.82, 2.24) is 30.8 Å². The largest absolute Gasteiger partial charge is 0.351 e. The van der Waals surface area contributed by atoms with E-state index in [2.05, 4.69) is 26.2 Å². The molecular weight excluding hydrogens is 256 g/mol. The van der Waals surface area contributed by atoms with E-state index >= 15 is 0 Å². The number of benzene rings is 1. The first-order chi connectivity index (χ1) is 9.84. The molecule has 2 N–H and O–H groups in total. The number of hydrogen-bond donors (Lipinski definition) is 2. The topological polar surface area (TPSA) is 84.7 Å². The Morgan fingerprint density at radius 3 is 3.10 bits per heavy atom. The monoisotopic (exact) mass is 272 g/mol. The van der Waals surface area contributed by atoms with Crippen LogP contribution >= 0.6 is 0 Å². The van der Waals surface area contributed by atoms with Crippen molar-refractivity contribution in [2.45, 2.75) is 25.4 Å². The van der Waals surface area contributed by atoms with Gasteiger partial charge in [-0.25, -0.2) is 4.68 Å². The summed E-state index contributed by atoms with van der Waals surface area (Å²) in [7, 11) is 0. The zero-order valence-corrected chi connectivity index (χ0v) is 11.0. The fourth-order valence-corrected chi connectivity index (χ4v) is 2.37. The van der Waals surface area contributed by atoms with Crippen LogP contribution in [0.3, 0.4) is 0 Å². The van der Waals surface area contributed by atoms with E-state index in [0.29, 0.717) is 6.54 Å². The number of aromatic nitrogens is 4. The first kappa shape index (κ1) is 12.7. The molecule has 0 saturated carbocycles. The van der Waals surface area contributed by atoms with Gasteiger partial charge in [0, 0.05) is 6.54 Å². The number of tetrazole rings is 1. The highest BCUT2D eigenvalue weighted by Gasteiger charge is 2.21. The van der Waals surface area contributed by atoms with Gasteiger partial charge in [-0.1, -0.05) is 18.2 Å². The SMILES string of the molecule is O=C(NCc1ccccc1-n1cnnn1)[C@@H]1CCCN1. The maximum Gasteiger partial charge on any atom is 0.237 e. The average molecular weight is 272 g/mol. The smallest absolute Gasteiger partial charge is 0.237 e. The van der Waals surface area contributed by atoms with E-state index < -0.39 is 0 Å². The fourth-order valence-electron chi connectivity index (χ4n) is 2.37. The maximum absolute atomic E-state index is 12.0. The van der Waals surface area contributed by atoms with E-state index in [9.17, 15) is 4.79 Å². The molecule has 1 fully saturated rings. The minimum atomic E-state index is -0.0600. The molecule has 1 aromatic heterocycles. The number of carbonyl (C=O) groups excluding carboxylic acids is 1. The molecule has 2 heterocycles. The number of amides is 1. The average Bonchev–Trinajstić information content (AvgIpc) is 3.17. The molecule has 1 aromatic carbocycles. The van der Waals surface area contributed by atoms with E-state index in [1.54, 1.807) is 11.0 Å². The maximum atomic E-state index is 12.0. The summed E-state index contributed by atoms with van der Waals surface area (Å²) in [5, 5.41) is 17.3. The summed E-state index contributed by atoms with van der Waals surface area (Å²) in [6.07, 6.45) is 3.50. The molecule has 0 aliphatic carbocycles. The molecule has 7 nitrogen and oxygen atoms in total. The van der Waals surface area contributed by atoms with Crippen LogP contribution < -0.4 is 10.6 Å². The second-order valence-electron chi connectivity index (χ2n) is 4.75. The molecule has 0 radical (unpaired) electrons. The highest BCUT2D eigenvalue weighted by molar-refractivity contribution is 5.82. The second-order valence-corrected chi connectivity index (χ2v) is 4.75. The van der Waals surface area contributed by atoms with Gasteiger partial charge >= 0.3 is 0 Å². The molecule has 1 aliphatic rings. The zero-order chi connectivity index (χ0) is 13.8. The molecule has 1 amide bonds. The number of hydrogen-bond acceptors (Lipinski definition) is 5. The van der Waals surface area contributed by atoms with Gasteiger partial charge in [-0.15, -0.1) is 5.10 Å². The Balaban J connectivity index is 1.70. The minimum Gasteiger partial charge on any atom is -0.351 e. The van der Waals surface area contributed by atoms with Crippen LogP contribution in [0.25, 0.3) is 5.69 Å². The van der Waals surface area contributed by atoms with Gasteiger partial charge in [-0.2, -0.15) is 0 Å². The van der Waals surface area contributed by atoms with Gasteiger partial charge in [0.2, 0.25) is 5.91 Å². The van der Waals surface area contributed by atoms with Crippen molar-refractivity contribution in [1.29, 1.82) is 0 Å². The van der Waals surface area contributed by atoms with Crippen molar-refractivity contribution in [3.05, 3.63) is 36.2 Å². The lowest BCUT2D eigenvalue weighted by Crippen LogP contribution is -2.40. The Hall–Kier alpha value is -2.28. The highest BCUT2D eigenvalue weighted by atomic mass is 16.2. The normalized spacial score (nSPS) is 18.1. The van der Waals surface area contributed by atoms with Crippen molar-refractivity contribution < 1.29 is 4.79 Å². The van der Waals surface area contributed by atoms with Crippen molar-refractivity contribution in [2.75, 3.05) is 6.54 Å². The third-order valence-corrected chi connectivity index (χ3v) is 3.42. The van der Waals surface area contributed by atoms with Gasteiger partial charge in [0.05, 0.1) is 11.7 Å². The zero-order valence-electron chi connectivity index (χ0n) is 11.0. The summed E-state index contributed by atoms with van der Waals surface area (Å²) in [6.45, 7) is 1.38. The highest BCUT2D eigenvalue weighted by Crippen LogP contribution is 2.12. The third kappa shape index (κ3) is 2.67. The molecule has 3 rings (SSSR count). The van der Waals surface area contributed by atoms with E-state index in [0.717, 1.165) is 30.6 Å². The molecule has 104 valence electrons. The van der Waals surface area contributed by atoms with Gasteiger partial charge < -0.3 is 10.6 Å². The third-order valence-electron chi connectivity index (χ3n) is 3.42. The van der Waals surface area contributed by atoms with E-state index in [1.807, 2.05) is 24.3 Å². The molecule has 1 saturated heterocycles. The molecule has 2 aromatic rings. The van der Waals surface area contributed by atoms with Gasteiger partial charge in [-0.3, -0.25) is 4.79 Å². The summed E-state index contributed by atoms with van der Waals surface area (Å²) in [4.78, 5) is 12.0. The Morgan fingerprint density at radius 2 is 2.35 bits per heavy atom. The van der Waals surface area contributed by atoms with Crippen LogP contribution in [0.5, 0.6) is 0 Å². The van der Waals surface area contributed by atoms with Gasteiger partial charge in [0.1, 0.15) is 6.33 Å². The quantitative estimate of drug-likeness (QED) is 0.820. The fraction of sp³-hybridized carbons (Fsp3) is 0.385. The predicted octanol–water partition coefficient (Wildman–Crippen LogP) is 0.0305. The number of rotatable bonds is 4. The van der Waals surface area contributed by atoms with Crippen LogP contribution in [0.1, 0.15) is 18.4 Å². The summed E-state index contributed by atoms with van der Waals surface area (Å²) in [5.41, 5.74) is 1.85. The molecule has 0 spiro atoms. The predicted molar refractivity (Wildman–Crippen MR) is 72.0 cm³/mol. The number of carbonyl (C=O) groups is 1. The van der Waals surface area contributed by atoms with Gasteiger partial charge in [0.15, 0.2) is 0 Å². The van der Waals surface area contributed by atoms with Crippen LogP contribution in [-0.4, -0.2) is 38.7 Å². The first-order valence-corrected chi connectivity index (χ1v) is 6.67. The molecule has 1 atom stereocenters. The molecule has 1 aliphatic heterocycles. The van der Waals surface area contributed by atoms with Crippen LogP contribution in [-0.2, 0) is 11.3 Å². The van der Waals surface area contributed by atoms with Gasteiger partial charge in [-0.05, 0) is 41.4 Å².